The molecule has 3 aromatic rings. The highest BCUT2D eigenvalue weighted by Gasteiger charge is 2.30. The van der Waals surface area contributed by atoms with Gasteiger partial charge in [0.2, 0.25) is 17.8 Å². The van der Waals surface area contributed by atoms with E-state index in [4.69, 9.17) is 11.6 Å². The standard InChI is InChI=1S/C22H24ClF3N8/c1-14-13-33(18-17(23)5-4-10-27-18)11-12-34(14)21-30-19(29-20(31-21)32(2)3)28-16-8-6-15(7-9-16)22(24,25)26/h4-10,14H,11-13H2,1-3H3,(H,28,29,30,31)/t14-/m0/s1. The average Bonchev–Trinajstić information content (AvgIpc) is 2.79. The lowest BCUT2D eigenvalue weighted by atomic mass is 10.2. The molecular formula is C22H24ClF3N8. The SMILES string of the molecule is C[C@H]1CN(c2ncccc2Cl)CCN1c1nc(Nc2ccc(C(F)(F)F)cc2)nc(N(C)C)n1. The highest BCUT2D eigenvalue weighted by atomic mass is 35.5. The number of piperazine rings is 1. The number of hydrogen-bond acceptors (Lipinski definition) is 8. The van der Waals surface area contributed by atoms with Crippen LogP contribution in [0.5, 0.6) is 0 Å². The van der Waals surface area contributed by atoms with Crippen molar-refractivity contribution in [2.45, 2.75) is 19.1 Å². The lowest BCUT2D eigenvalue weighted by Gasteiger charge is -2.40. The van der Waals surface area contributed by atoms with E-state index in [0.717, 1.165) is 18.0 Å². The molecule has 2 aromatic heterocycles. The third-order valence-corrected chi connectivity index (χ3v) is 5.70. The topological polar surface area (TPSA) is 73.3 Å². The summed E-state index contributed by atoms with van der Waals surface area (Å²) in [5.41, 5.74) is -0.277. The molecular weight excluding hydrogens is 469 g/mol. The van der Waals surface area contributed by atoms with Crippen LogP contribution in [0.1, 0.15) is 12.5 Å². The van der Waals surface area contributed by atoms with Crippen LogP contribution < -0.4 is 20.0 Å². The second-order valence-electron chi connectivity index (χ2n) is 8.15. The predicted molar refractivity (Wildman–Crippen MR) is 127 cm³/mol. The Labute approximate surface area is 200 Å². The van der Waals surface area contributed by atoms with Crippen molar-refractivity contribution >= 4 is 41.0 Å². The number of rotatable bonds is 5. The van der Waals surface area contributed by atoms with Gasteiger partial charge >= 0.3 is 6.18 Å². The first-order chi connectivity index (χ1) is 16.1. The van der Waals surface area contributed by atoms with E-state index in [1.165, 1.54) is 12.1 Å². The molecule has 1 fully saturated rings. The van der Waals surface area contributed by atoms with Crippen molar-refractivity contribution in [2.75, 3.05) is 53.7 Å². The maximum atomic E-state index is 12.9. The largest absolute Gasteiger partial charge is 0.416 e. The summed E-state index contributed by atoms with van der Waals surface area (Å²) in [7, 11) is 3.62. The minimum absolute atomic E-state index is 0.0446. The fourth-order valence-corrected chi connectivity index (χ4v) is 3.91. The minimum atomic E-state index is -4.39. The van der Waals surface area contributed by atoms with Crippen molar-refractivity contribution in [1.82, 2.24) is 19.9 Å². The van der Waals surface area contributed by atoms with Crippen molar-refractivity contribution < 1.29 is 13.2 Å². The molecule has 34 heavy (non-hydrogen) atoms. The van der Waals surface area contributed by atoms with Crippen molar-refractivity contribution in [1.29, 1.82) is 0 Å². The highest BCUT2D eigenvalue weighted by molar-refractivity contribution is 6.32. The number of aromatic nitrogens is 4. The molecule has 1 aliphatic rings. The molecule has 1 aliphatic heterocycles. The number of halogens is 4. The van der Waals surface area contributed by atoms with Crippen molar-refractivity contribution in [2.24, 2.45) is 0 Å². The number of nitrogens with zero attached hydrogens (tertiary/aromatic N) is 7. The fraction of sp³-hybridized carbons (Fsp3) is 0.364. The Kier molecular flexibility index (Phi) is 6.65. The number of anilines is 5. The number of benzene rings is 1. The molecule has 1 atom stereocenters. The summed E-state index contributed by atoms with van der Waals surface area (Å²) in [5, 5.41) is 3.59. The second kappa shape index (κ2) is 9.49. The second-order valence-corrected chi connectivity index (χ2v) is 8.56. The molecule has 12 heteroatoms. The zero-order valence-corrected chi connectivity index (χ0v) is 19.6. The first kappa shape index (κ1) is 23.8. The van der Waals surface area contributed by atoms with Gasteiger partial charge in [-0.15, -0.1) is 0 Å². The molecule has 0 amide bonds. The van der Waals surface area contributed by atoms with E-state index >= 15 is 0 Å². The Morgan fingerprint density at radius 2 is 1.79 bits per heavy atom. The van der Waals surface area contributed by atoms with Crippen LogP contribution in [0.4, 0.5) is 42.5 Å². The molecule has 0 spiro atoms. The normalized spacial score (nSPS) is 16.5. The summed E-state index contributed by atoms with van der Waals surface area (Å²) in [6.45, 7) is 4.03. The van der Waals surface area contributed by atoms with Gasteiger partial charge in [0.15, 0.2) is 0 Å². The number of pyridine rings is 1. The van der Waals surface area contributed by atoms with E-state index in [1.807, 2.05) is 20.2 Å². The molecule has 0 bridgehead atoms. The molecule has 3 heterocycles. The average molecular weight is 493 g/mol. The zero-order chi connectivity index (χ0) is 24.5. The van der Waals surface area contributed by atoms with Crippen LogP contribution in [-0.4, -0.2) is 59.7 Å². The molecule has 0 radical (unpaired) electrons. The molecule has 1 aromatic carbocycles. The summed E-state index contributed by atoms with van der Waals surface area (Å²) in [4.78, 5) is 23.9. The van der Waals surface area contributed by atoms with Crippen LogP contribution in [-0.2, 0) is 6.18 Å². The van der Waals surface area contributed by atoms with E-state index in [2.05, 4.69) is 42.0 Å². The van der Waals surface area contributed by atoms with Gasteiger partial charge in [0.1, 0.15) is 5.82 Å². The Balaban J connectivity index is 1.56. The molecule has 1 saturated heterocycles. The minimum Gasteiger partial charge on any atom is -0.352 e. The maximum absolute atomic E-state index is 12.9. The molecule has 0 aliphatic carbocycles. The van der Waals surface area contributed by atoms with Gasteiger partial charge in [-0.25, -0.2) is 4.98 Å². The van der Waals surface area contributed by atoms with Gasteiger partial charge < -0.3 is 20.0 Å². The van der Waals surface area contributed by atoms with Gasteiger partial charge in [0.25, 0.3) is 0 Å². The predicted octanol–water partition coefficient (Wildman–Crippen LogP) is 4.46. The summed E-state index contributed by atoms with van der Waals surface area (Å²) < 4.78 is 38.6. The maximum Gasteiger partial charge on any atom is 0.416 e. The summed E-state index contributed by atoms with van der Waals surface area (Å²) in [6.07, 6.45) is -2.68. The molecule has 1 N–H and O–H groups in total. The molecule has 8 nitrogen and oxygen atoms in total. The van der Waals surface area contributed by atoms with Gasteiger partial charge in [-0.05, 0) is 43.3 Å². The summed E-state index contributed by atoms with van der Waals surface area (Å²) in [6, 6.07) is 8.38. The monoisotopic (exact) mass is 492 g/mol. The Morgan fingerprint density at radius 3 is 2.41 bits per heavy atom. The fourth-order valence-electron chi connectivity index (χ4n) is 3.67. The van der Waals surface area contributed by atoms with Crippen molar-refractivity contribution in [3.63, 3.8) is 0 Å². The first-order valence-electron chi connectivity index (χ1n) is 10.6. The van der Waals surface area contributed by atoms with Gasteiger partial charge in [0.05, 0.1) is 10.6 Å². The molecule has 0 saturated carbocycles. The van der Waals surface area contributed by atoms with Crippen LogP contribution in [0.2, 0.25) is 5.02 Å². The summed E-state index contributed by atoms with van der Waals surface area (Å²) in [5.74, 6) is 1.90. The number of alkyl halides is 3. The lowest BCUT2D eigenvalue weighted by Crippen LogP contribution is -2.53. The van der Waals surface area contributed by atoms with E-state index in [1.54, 1.807) is 17.2 Å². The smallest absolute Gasteiger partial charge is 0.352 e. The van der Waals surface area contributed by atoms with Gasteiger partial charge in [0, 0.05) is 51.7 Å². The van der Waals surface area contributed by atoms with Crippen LogP contribution in [0, 0.1) is 0 Å². The van der Waals surface area contributed by atoms with E-state index in [-0.39, 0.29) is 12.0 Å². The lowest BCUT2D eigenvalue weighted by molar-refractivity contribution is -0.137. The quantitative estimate of drug-likeness (QED) is 0.559. The third-order valence-electron chi connectivity index (χ3n) is 5.40. The molecule has 4 rings (SSSR count). The number of nitrogens with one attached hydrogen (secondary N) is 1. The van der Waals surface area contributed by atoms with Crippen molar-refractivity contribution in [3.05, 3.63) is 53.2 Å². The molecule has 180 valence electrons. The summed E-state index contributed by atoms with van der Waals surface area (Å²) >= 11 is 6.32. The van der Waals surface area contributed by atoms with Gasteiger partial charge in [-0.1, -0.05) is 11.6 Å². The number of hydrogen-bond donors (Lipinski definition) is 1. The van der Waals surface area contributed by atoms with Crippen molar-refractivity contribution in [3.8, 4) is 0 Å². The highest BCUT2D eigenvalue weighted by Crippen LogP contribution is 2.31. The Bertz CT molecular complexity index is 1140. The Morgan fingerprint density at radius 1 is 1.06 bits per heavy atom. The van der Waals surface area contributed by atoms with Crippen LogP contribution in [0.15, 0.2) is 42.6 Å². The first-order valence-corrected chi connectivity index (χ1v) is 11.0. The molecule has 0 unspecified atom stereocenters. The van der Waals surface area contributed by atoms with E-state index in [9.17, 15) is 13.2 Å². The van der Waals surface area contributed by atoms with E-state index in [0.29, 0.717) is 42.2 Å². The van der Waals surface area contributed by atoms with Gasteiger partial charge in [-0.2, -0.15) is 28.1 Å². The van der Waals surface area contributed by atoms with Crippen LogP contribution in [0.3, 0.4) is 0 Å². The third kappa shape index (κ3) is 5.24. The van der Waals surface area contributed by atoms with Gasteiger partial charge in [-0.3, -0.25) is 0 Å². The zero-order valence-electron chi connectivity index (χ0n) is 18.9. The van der Waals surface area contributed by atoms with Crippen LogP contribution in [0.25, 0.3) is 0 Å². The van der Waals surface area contributed by atoms with Crippen LogP contribution >= 0.6 is 11.6 Å². The van der Waals surface area contributed by atoms with E-state index < -0.39 is 11.7 Å². The Hall–Kier alpha value is -3.34.